The fraction of sp³-hybridized carbons (Fsp3) is 0.350. The average Bonchev–Trinajstić information content (AvgIpc) is 2.60. The first-order chi connectivity index (χ1) is 12.8. The largest absolute Gasteiger partial charge is 0.303 e. The number of amides is 1. The standard InChI is InChI=1S/C20H22FNO3S2/c1-3-8-22-19-7-6-15(9-17(19)11-26-20(22)23)12-27(24,25)13-16-5-4-14(2)18(21)10-16/h4-7,9-10H,3,8,11-13H2,1-2H3. The minimum Gasteiger partial charge on any atom is -0.303 e. The molecule has 144 valence electrons. The lowest BCUT2D eigenvalue weighted by Crippen LogP contribution is -2.31. The summed E-state index contributed by atoms with van der Waals surface area (Å²) >= 11 is 1.24. The third-order valence-corrected chi connectivity index (χ3v) is 6.93. The fourth-order valence-electron chi connectivity index (χ4n) is 3.14. The van der Waals surface area contributed by atoms with Crippen LogP contribution in [0.5, 0.6) is 0 Å². The topological polar surface area (TPSA) is 54.5 Å². The van der Waals surface area contributed by atoms with Crippen LogP contribution in [-0.4, -0.2) is 20.2 Å². The van der Waals surface area contributed by atoms with Crippen molar-refractivity contribution in [3.05, 3.63) is 64.5 Å². The Morgan fingerprint density at radius 2 is 1.78 bits per heavy atom. The lowest BCUT2D eigenvalue weighted by molar-refractivity contribution is 0.264. The van der Waals surface area contributed by atoms with Crippen LogP contribution in [0.15, 0.2) is 36.4 Å². The number of sulfone groups is 1. The molecule has 0 fully saturated rings. The van der Waals surface area contributed by atoms with E-state index >= 15 is 0 Å². The molecule has 0 aliphatic carbocycles. The van der Waals surface area contributed by atoms with Crippen molar-refractivity contribution in [3.63, 3.8) is 0 Å². The van der Waals surface area contributed by atoms with E-state index in [1.807, 2.05) is 19.1 Å². The number of carbonyl (C=O) groups excluding carboxylic acids is 1. The number of fused-ring (bicyclic) bond motifs is 1. The summed E-state index contributed by atoms with van der Waals surface area (Å²) in [5.74, 6) is -0.154. The first-order valence-electron chi connectivity index (χ1n) is 8.80. The molecule has 0 saturated heterocycles. The lowest BCUT2D eigenvalue weighted by atomic mass is 10.1. The van der Waals surface area contributed by atoms with Crippen LogP contribution in [0.1, 0.15) is 35.6 Å². The zero-order chi connectivity index (χ0) is 19.6. The molecule has 0 spiro atoms. The van der Waals surface area contributed by atoms with Gasteiger partial charge in [-0.05, 0) is 47.7 Å². The number of benzene rings is 2. The van der Waals surface area contributed by atoms with E-state index in [0.717, 1.165) is 17.7 Å². The van der Waals surface area contributed by atoms with Crippen molar-refractivity contribution < 1.29 is 17.6 Å². The van der Waals surface area contributed by atoms with Crippen molar-refractivity contribution in [2.75, 3.05) is 11.4 Å². The Kier molecular flexibility index (Phi) is 5.91. The molecule has 3 rings (SSSR count). The highest BCUT2D eigenvalue weighted by atomic mass is 32.2. The third-order valence-electron chi connectivity index (χ3n) is 4.46. The number of rotatable bonds is 6. The zero-order valence-electron chi connectivity index (χ0n) is 15.4. The maximum absolute atomic E-state index is 13.7. The second-order valence-corrected chi connectivity index (χ2v) is 9.78. The predicted octanol–water partition coefficient (Wildman–Crippen LogP) is 4.83. The molecule has 1 heterocycles. The second kappa shape index (κ2) is 8.02. The highest BCUT2D eigenvalue weighted by molar-refractivity contribution is 8.13. The Labute approximate surface area is 163 Å². The molecule has 2 aromatic carbocycles. The molecule has 7 heteroatoms. The third kappa shape index (κ3) is 4.71. The summed E-state index contributed by atoms with van der Waals surface area (Å²) < 4.78 is 38.8. The van der Waals surface area contributed by atoms with E-state index in [0.29, 0.717) is 29.0 Å². The summed E-state index contributed by atoms with van der Waals surface area (Å²) in [4.78, 5) is 13.8. The van der Waals surface area contributed by atoms with Crippen LogP contribution >= 0.6 is 11.8 Å². The number of thioether (sulfide) groups is 1. The van der Waals surface area contributed by atoms with E-state index in [1.165, 1.54) is 17.8 Å². The van der Waals surface area contributed by atoms with Crippen molar-refractivity contribution in [1.82, 2.24) is 0 Å². The van der Waals surface area contributed by atoms with Crippen LogP contribution in [0.25, 0.3) is 0 Å². The second-order valence-electron chi connectivity index (χ2n) is 6.79. The Hall–Kier alpha value is -1.86. The van der Waals surface area contributed by atoms with Crippen LogP contribution < -0.4 is 4.90 Å². The van der Waals surface area contributed by atoms with Crippen molar-refractivity contribution >= 4 is 32.5 Å². The Morgan fingerprint density at radius 1 is 1.11 bits per heavy atom. The van der Waals surface area contributed by atoms with E-state index in [-0.39, 0.29) is 16.7 Å². The van der Waals surface area contributed by atoms with E-state index in [4.69, 9.17) is 0 Å². The van der Waals surface area contributed by atoms with Crippen LogP contribution in [0, 0.1) is 12.7 Å². The minimum atomic E-state index is -3.43. The van der Waals surface area contributed by atoms with Gasteiger partial charge in [0.1, 0.15) is 5.82 Å². The number of carbonyl (C=O) groups is 1. The molecule has 0 bridgehead atoms. The molecule has 2 aromatic rings. The van der Waals surface area contributed by atoms with Gasteiger partial charge < -0.3 is 4.90 Å². The number of anilines is 1. The number of hydrogen-bond acceptors (Lipinski definition) is 4. The van der Waals surface area contributed by atoms with Crippen molar-refractivity contribution in [2.45, 2.75) is 37.5 Å². The summed E-state index contributed by atoms with van der Waals surface area (Å²) in [7, 11) is -3.43. The Balaban J connectivity index is 1.79. The maximum atomic E-state index is 13.7. The molecule has 1 aliphatic heterocycles. The van der Waals surface area contributed by atoms with E-state index in [1.54, 1.807) is 30.0 Å². The van der Waals surface area contributed by atoms with Gasteiger partial charge in [0.25, 0.3) is 5.24 Å². The molecule has 0 unspecified atom stereocenters. The first-order valence-corrected chi connectivity index (χ1v) is 11.6. The van der Waals surface area contributed by atoms with E-state index in [2.05, 4.69) is 0 Å². The molecule has 0 aromatic heterocycles. The molecule has 0 atom stereocenters. The Bertz CT molecular complexity index is 973. The highest BCUT2D eigenvalue weighted by Crippen LogP contribution is 2.34. The van der Waals surface area contributed by atoms with Crippen molar-refractivity contribution in [2.24, 2.45) is 0 Å². The average molecular weight is 408 g/mol. The smallest absolute Gasteiger partial charge is 0.286 e. The van der Waals surface area contributed by atoms with Crippen LogP contribution in [-0.2, 0) is 27.1 Å². The van der Waals surface area contributed by atoms with Crippen LogP contribution in [0.3, 0.4) is 0 Å². The summed E-state index contributed by atoms with van der Waals surface area (Å²) in [6.45, 7) is 4.31. The van der Waals surface area contributed by atoms with Gasteiger partial charge in [-0.3, -0.25) is 4.79 Å². The van der Waals surface area contributed by atoms with Gasteiger partial charge in [-0.15, -0.1) is 0 Å². The minimum absolute atomic E-state index is 0.0334. The number of nitrogens with zero attached hydrogens (tertiary/aromatic N) is 1. The van der Waals surface area contributed by atoms with Gasteiger partial charge in [-0.2, -0.15) is 0 Å². The summed E-state index contributed by atoms with van der Waals surface area (Å²) in [6, 6.07) is 9.98. The monoisotopic (exact) mass is 407 g/mol. The molecule has 0 saturated carbocycles. The molecular formula is C20H22FNO3S2. The van der Waals surface area contributed by atoms with E-state index < -0.39 is 15.7 Å². The first kappa shape index (κ1) is 19.9. The van der Waals surface area contributed by atoms with E-state index in [9.17, 15) is 17.6 Å². The van der Waals surface area contributed by atoms with Gasteiger partial charge in [-0.25, -0.2) is 12.8 Å². The van der Waals surface area contributed by atoms with Crippen LogP contribution in [0.2, 0.25) is 0 Å². The normalized spacial score (nSPS) is 14.3. The molecule has 27 heavy (non-hydrogen) atoms. The molecule has 0 N–H and O–H groups in total. The summed E-state index contributed by atoms with van der Waals surface area (Å²) in [5, 5.41) is 0.0334. The van der Waals surface area contributed by atoms with Crippen molar-refractivity contribution in [3.8, 4) is 0 Å². The molecular weight excluding hydrogens is 385 g/mol. The molecule has 0 radical (unpaired) electrons. The van der Waals surface area contributed by atoms with Gasteiger partial charge >= 0.3 is 0 Å². The lowest BCUT2D eigenvalue weighted by Gasteiger charge is -2.28. The van der Waals surface area contributed by atoms with Gasteiger partial charge in [0.2, 0.25) is 0 Å². The number of halogens is 1. The van der Waals surface area contributed by atoms with Crippen molar-refractivity contribution in [1.29, 1.82) is 0 Å². The van der Waals surface area contributed by atoms with Gasteiger partial charge in [0, 0.05) is 18.0 Å². The van der Waals surface area contributed by atoms with Gasteiger partial charge in [0.05, 0.1) is 11.5 Å². The zero-order valence-corrected chi connectivity index (χ0v) is 17.0. The predicted molar refractivity (Wildman–Crippen MR) is 108 cm³/mol. The Morgan fingerprint density at radius 3 is 2.44 bits per heavy atom. The highest BCUT2D eigenvalue weighted by Gasteiger charge is 2.25. The number of hydrogen-bond donors (Lipinski definition) is 0. The maximum Gasteiger partial charge on any atom is 0.286 e. The molecule has 1 aliphatic rings. The molecule has 1 amide bonds. The fourth-order valence-corrected chi connectivity index (χ4v) is 5.48. The number of aryl methyl sites for hydroxylation is 1. The summed E-state index contributed by atoms with van der Waals surface area (Å²) in [6.07, 6.45) is 0.856. The molecule has 4 nitrogen and oxygen atoms in total. The van der Waals surface area contributed by atoms with Gasteiger partial charge in [-0.1, -0.05) is 43.0 Å². The summed E-state index contributed by atoms with van der Waals surface area (Å²) in [5.41, 5.74) is 3.47. The van der Waals surface area contributed by atoms with Crippen LogP contribution in [0.4, 0.5) is 14.9 Å². The quantitative estimate of drug-likeness (QED) is 0.688. The van der Waals surface area contributed by atoms with Gasteiger partial charge in [0.15, 0.2) is 9.84 Å². The SMILES string of the molecule is CCCN1C(=O)SCc2cc(CS(=O)(=O)Cc3ccc(C)c(F)c3)ccc21.